The zero-order chi connectivity index (χ0) is 33.9. The Morgan fingerprint density at radius 2 is 1.02 bits per heavy atom. The maximum atomic E-state index is 5.81. The third-order valence-corrected chi connectivity index (χ3v) is 10.3. The van der Waals surface area contributed by atoms with Crippen molar-refractivity contribution in [3.8, 4) is 44.0 Å². The molecule has 0 aliphatic carbocycles. The Labute approximate surface area is 344 Å². The first-order valence-electron chi connectivity index (χ1n) is 16.2. The molecule has 0 aliphatic rings. The Balaban J connectivity index is 0.000000320. The normalized spacial score (nSPS) is 10.0. The van der Waals surface area contributed by atoms with Crippen LogP contribution in [-0.2, 0) is 23.3 Å². The van der Waals surface area contributed by atoms with E-state index in [1.54, 1.807) is 0 Å². The second-order valence-electron chi connectivity index (χ2n) is 12.4. The van der Waals surface area contributed by atoms with Gasteiger partial charge in [0.2, 0.25) is 0 Å². The van der Waals surface area contributed by atoms with Crippen molar-refractivity contribution in [3.05, 3.63) is 169 Å². The van der Waals surface area contributed by atoms with Crippen molar-refractivity contribution in [1.82, 2.24) is 0 Å². The second kappa shape index (κ2) is 19.7. The Morgan fingerprint density at radius 1 is 0.558 bits per heavy atom. The number of thiophene rings is 1. The van der Waals surface area contributed by atoms with Crippen molar-refractivity contribution in [2.45, 2.75) is 41.5 Å². The van der Waals surface area contributed by atoms with Crippen LogP contribution in [0.15, 0.2) is 126 Å². The van der Waals surface area contributed by atoms with E-state index in [9.17, 15) is 0 Å². The van der Waals surface area contributed by atoms with Crippen molar-refractivity contribution < 1.29 is 27.8 Å². The summed E-state index contributed by atoms with van der Waals surface area (Å²) < 4.78 is 5.81. The average Bonchev–Trinajstić information content (AvgIpc) is 3.91. The van der Waals surface area contributed by atoms with E-state index in [1.807, 2.05) is 30.4 Å². The van der Waals surface area contributed by atoms with Crippen LogP contribution < -0.4 is 0 Å². The molecule has 2 heterocycles. The first-order valence-corrected chi connectivity index (χ1v) is 21.2. The van der Waals surface area contributed by atoms with Crippen LogP contribution in [0.2, 0.25) is 0 Å². The van der Waals surface area contributed by atoms with E-state index in [0.717, 1.165) is 17.1 Å². The van der Waals surface area contributed by atoms with E-state index in [-0.39, 0.29) is 39.7 Å². The first kappa shape index (κ1) is 44.9. The molecule has 2 aromatic heterocycles. The fraction of sp³-hybridized carbons (Fsp3) is 0.130. The summed E-state index contributed by atoms with van der Waals surface area (Å²) in [5, 5.41) is 5.27. The fourth-order valence-corrected chi connectivity index (χ4v) is 7.48. The van der Waals surface area contributed by atoms with Gasteiger partial charge in [-0.1, -0.05) is 101 Å². The van der Waals surface area contributed by atoms with Gasteiger partial charge in [-0.2, -0.15) is 11.3 Å². The Hall–Kier alpha value is -3.24. The van der Waals surface area contributed by atoms with Crippen LogP contribution in [0.25, 0.3) is 65.6 Å². The quantitative estimate of drug-likeness (QED) is 0.127. The fourth-order valence-electron chi connectivity index (χ4n) is 6.62. The molecule has 0 saturated carbocycles. The molecule has 8 aromatic rings. The van der Waals surface area contributed by atoms with Crippen LogP contribution in [0.4, 0.5) is 0 Å². The van der Waals surface area contributed by atoms with E-state index in [1.165, 1.54) is 105 Å². The molecule has 0 atom stereocenters. The van der Waals surface area contributed by atoms with E-state index >= 15 is 0 Å². The summed E-state index contributed by atoms with van der Waals surface area (Å²) in [5.74, 6) is 1.88. The van der Waals surface area contributed by atoms with Gasteiger partial charge in [0.25, 0.3) is 0 Å². The topological polar surface area (TPSA) is 13.1 Å². The molecule has 1 nitrogen and oxygen atoms in total. The monoisotopic (exact) mass is 834 g/mol. The summed E-state index contributed by atoms with van der Waals surface area (Å²) in [5.41, 5.74) is 13.2. The summed E-state index contributed by atoms with van der Waals surface area (Å²) in [6.45, 7) is 16.1. The molecule has 0 spiro atoms. The van der Waals surface area contributed by atoms with Crippen LogP contribution in [0.5, 0.6) is 0 Å². The van der Waals surface area contributed by atoms with E-state index < -0.39 is 0 Å². The number of hydrogen-bond acceptors (Lipinski definition) is 2. The molecule has 52 heavy (non-hydrogen) atoms. The van der Waals surface area contributed by atoms with Crippen molar-refractivity contribution in [3.63, 3.8) is 0 Å². The van der Waals surface area contributed by atoms with Crippen molar-refractivity contribution in [1.29, 1.82) is 0 Å². The molecule has 0 saturated heterocycles. The summed E-state index contributed by atoms with van der Waals surface area (Å²) >= 11 is 3.22. The number of aryl methyl sites for hydroxylation is 4. The van der Waals surface area contributed by atoms with E-state index in [0.29, 0.717) is 0 Å². The minimum absolute atomic E-state index is 0. The van der Waals surface area contributed by atoms with Gasteiger partial charge in [-0.15, -0.1) is 88.3 Å². The molecule has 6 aromatic carbocycles. The molecule has 8 rings (SSSR count). The molecule has 0 fully saturated rings. The van der Waals surface area contributed by atoms with Crippen molar-refractivity contribution in [2.75, 3.05) is 0 Å². The number of fused-ring (bicyclic) bond motifs is 2. The number of benzene rings is 4. The van der Waals surface area contributed by atoms with Crippen LogP contribution >= 0.6 is 36.2 Å². The van der Waals surface area contributed by atoms with Crippen LogP contribution in [0, 0.1) is 56.4 Å². The number of halogens is 2. The molecular weight excluding hydrogens is 791 g/mol. The molecule has 0 unspecified atom stereocenters. The van der Waals surface area contributed by atoms with Gasteiger partial charge in [0.1, 0.15) is 0 Å². The number of hydrogen-bond donors (Lipinski definition) is 0. The van der Waals surface area contributed by atoms with Crippen molar-refractivity contribution in [2.24, 2.45) is 0 Å². The van der Waals surface area contributed by atoms with Crippen LogP contribution in [0.3, 0.4) is 0 Å². The molecule has 0 bridgehead atoms. The van der Waals surface area contributed by atoms with Crippen LogP contribution in [0.1, 0.15) is 32.9 Å². The third-order valence-electron chi connectivity index (χ3n) is 9.23. The van der Waals surface area contributed by atoms with E-state index in [2.05, 4.69) is 151 Å². The molecule has 0 amide bonds. The average molecular weight is 837 g/mol. The number of rotatable bonds is 4. The minimum atomic E-state index is 0. The van der Waals surface area contributed by atoms with Gasteiger partial charge in [-0.25, -0.2) is 0 Å². The second-order valence-corrected chi connectivity index (χ2v) is 13.7. The Bertz CT molecular complexity index is 2180. The Kier molecular flexibility index (Phi) is 17.0. The molecule has 6 heteroatoms. The Morgan fingerprint density at radius 3 is 1.44 bits per heavy atom. The standard InChI is InChI=1S/C22H19O.C22H19S.2CH3.2ClH.Si.Zr/c2*1-14-11-18-12-19(21-10-9-15(2)23-21)13-20(18)22(16(14)3)17-7-5-4-6-8-17;;;;;;/h2*4-13H,1-3H3;2*1H3;2*1H;;/q4*-1;;;;. The van der Waals surface area contributed by atoms with Crippen LogP contribution in [-0.4, -0.2) is 6.88 Å². The number of furan rings is 1. The zero-order valence-electron chi connectivity index (χ0n) is 31.2. The summed E-state index contributed by atoms with van der Waals surface area (Å²) in [6.07, 6.45) is 0. The molecule has 268 valence electrons. The van der Waals surface area contributed by atoms with Gasteiger partial charge in [-0.05, 0) is 85.7 Å². The first-order chi connectivity index (χ1) is 23.3. The zero-order valence-corrected chi connectivity index (χ0v) is 37.1. The van der Waals surface area contributed by atoms with Gasteiger partial charge < -0.3 is 19.3 Å². The van der Waals surface area contributed by atoms with Gasteiger partial charge in [0, 0.05) is 0 Å². The SMILES string of the molecule is Cc1ccc(-c2cc3c(-c4ccccc4)c(C)c(C)cc3[cH-]2)o1.Cc1ccc(-c2cc3c(-c4ccccc4)c(C)c(C)cc3[cH-]2)s1.Cl.Cl.[CH3-].[CH3-].[Si]=[Zr]. The third kappa shape index (κ3) is 9.27. The van der Waals surface area contributed by atoms with Gasteiger partial charge in [0.15, 0.2) is 0 Å². The van der Waals surface area contributed by atoms with Gasteiger partial charge >= 0.3 is 30.2 Å². The summed E-state index contributed by atoms with van der Waals surface area (Å²) in [6, 6.07) is 43.6. The van der Waals surface area contributed by atoms with Crippen molar-refractivity contribution >= 4 is 64.6 Å². The maximum absolute atomic E-state index is 5.81. The predicted molar refractivity (Wildman–Crippen MR) is 232 cm³/mol. The molecule has 2 radical (unpaired) electrons. The summed E-state index contributed by atoms with van der Waals surface area (Å²) in [4.78, 5) is 2.72. The molecule has 0 aliphatic heterocycles. The van der Waals surface area contributed by atoms with E-state index in [4.69, 9.17) is 4.42 Å². The van der Waals surface area contributed by atoms with Gasteiger partial charge in [0.05, 0.1) is 11.5 Å². The predicted octanol–water partition coefficient (Wildman–Crippen LogP) is 14.7. The van der Waals surface area contributed by atoms with Gasteiger partial charge in [-0.3, -0.25) is 0 Å². The summed E-state index contributed by atoms with van der Waals surface area (Å²) in [7, 11) is 0. The molecular formula is C46H46Cl2OSSiZr-4. The molecule has 0 N–H and O–H groups in total.